The molecule has 7 nitrogen and oxygen atoms in total. The first-order valence-corrected chi connectivity index (χ1v) is 6.32. The van der Waals surface area contributed by atoms with Crippen molar-refractivity contribution in [2.45, 2.75) is 19.4 Å². The Morgan fingerprint density at radius 2 is 2.19 bits per heavy atom. The first kappa shape index (κ1) is 13.2. The summed E-state index contributed by atoms with van der Waals surface area (Å²) in [6.45, 7) is 3.30. The zero-order chi connectivity index (χ0) is 15.0. The van der Waals surface area contributed by atoms with Gasteiger partial charge in [-0.25, -0.2) is 0 Å². The second-order valence-electron chi connectivity index (χ2n) is 4.93. The topological polar surface area (TPSA) is 93.5 Å². The van der Waals surface area contributed by atoms with Crippen LogP contribution in [0.5, 0.6) is 5.75 Å². The molecular weight excluding hydrogens is 274 g/mol. The second-order valence-corrected chi connectivity index (χ2v) is 4.93. The first-order valence-electron chi connectivity index (χ1n) is 6.32. The van der Waals surface area contributed by atoms with Crippen molar-refractivity contribution in [1.29, 1.82) is 0 Å². The number of aryl methyl sites for hydroxylation is 1. The Morgan fingerprint density at radius 3 is 2.90 bits per heavy atom. The molecule has 108 valence electrons. The maximum absolute atomic E-state index is 12.3. The van der Waals surface area contributed by atoms with Crippen LogP contribution < -0.4 is 15.4 Å². The van der Waals surface area contributed by atoms with Gasteiger partial charge in [0.25, 0.3) is 17.4 Å². The minimum absolute atomic E-state index is 0.215. The van der Waals surface area contributed by atoms with Crippen molar-refractivity contribution in [2.75, 3.05) is 10.6 Å². The maximum atomic E-state index is 12.3. The molecule has 3 rings (SSSR count). The molecular formula is C14H13N3O4. The zero-order valence-electron chi connectivity index (χ0n) is 11.5. The fourth-order valence-electron chi connectivity index (χ4n) is 2.00. The van der Waals surface area contributed by atoms with Crippen molar-refractivity contribution >= 4 is 23.3 Å². The van der Waals surface area contributed by atoms with Gasteiger partial charge < -0.3 is 19.9 Å². The van der Waals surface area contributed by atoms with Gasteiger partial charge >= 0.3 is 0 Å². The fourth-order valence-corrected chi connectivity index (χ4v) is 2.00. The van der Waals surface area contributed by atoms with E-state index in [1.807, 2.05) is 13.0 Å². The van der Waals surface area contributed by atoms with Gasteiger partial charge in [-0.1, -0.05) is 11.2 Å². The van der Waals surface area contributed by atoms with Crippen molar-refractivity contribution in [3.8, 4) is 5.75 Å². The van der Waals surface area contributed by atoms with E-state index in [1.54, 1.807) is 12.1 Å². The number of rotatable bonds is 2. The molecule has 1 aromatic heterocycles. The first-order chi connectivity index (χ1) is 9.99. The third kappa shape index (κ3) is 2.22. The molecule has 2 heterocycles. The Bertz CT molecular complexity index is 711. The lowest BCUT2D eigenvalue weighted by molar-refractivity contribution is -0.143. The normalized spacial score (nSPS) is 20.2. The number of anilines is 2. The number of hydrogen-bond donors (Lipinski definition) is 2. The van der Waals surface area contributed by atoms with Crippen LogP contribution >= 0.6 is 0 Å². The summed E-state index contributed by atoms with van der Waals surface area (Å²) in [5.74, 6) is -0.507. The summed E-state index contributed by atoms with van der Waals surface area (Å²) >= 11 is 0. The van der Waals surface area contributed by atoms with Gasteiger partial charge in [0.15, 0.2) is 5.82 Å². The van der Waals surface area contributed by atoms with E-state index in [0.29, 0.717) is 11.4 Å². The van der Waals surface area contributed by atoms with Crippen LogP contribution in [-0.4, -0.2) is 22.6 Å². The summed E-state index contributed by atoms with van der Waals surface area (Å²) in [5.41, 5.74) is -0.152. The number of nitrogens with one attached hydrogen (secondary N) is 2. The minimum atomic E-state index is -1.68. The molecule has 1 unspecified atom stereocenters. The van der Waals surface area contributed by atoms with E-state index in [-0.39, 0.29) is 5.82 Å². The lowest BCUT2D eigenvalue weighted by Gasteiger charge is -2.33. The van der Waals surface area contributed by atoms with Gasteiger partial charge in [-0.3, -0.25) is 9.59 Å². The fraction of sp³-hybridized carbons (Fsp3) is 0.214. The molecule has 2 N–H and O–H groups in total. The van der Waals surface area contributed by atoms with E-state index < -0.39 is 17.4 Å². The van der Waals surface area contributed by atoms with Crippen molar-refractivity contribution < 1.29 is 18.8 Å². The largest absolute Gasteiger partial charge is 0.466 e. The average molecular weight is 287 g/mol. The Labute approximate surface area is 120 Å². The van der Waals surface area contributed by atoms with Crippen molar-refractivity contribution in [2.24, 2.45) is 0 Å². The molecule has 0 spiro atoms. The van der Waals surface area contributed by atoms with Gasteiger partial charge in [0.05, 0.1) is 5.69 Å². The van der Waals surface area contributed by atoms with Crippen molar-refractivity contribution in [3.05, 3.63) is 36.1 Å². The number of hydrogen-bond acceptors (Lipinski definition) is 5. The summed E-state index contributed by atoms with van der Waals surface area (Å²) in [6, 6.07) is 6.81. The van der Waals surface area contributed by atoms with Crippen molar-refractivity contribution in [1.82, 2.24) is 5.16 Å². The number of carbonyl (C=O) groups is 2. The van der Waals surface area contributed by atoms with Gasteiger partial charge in [-0.2, -0.15) is 0 Å². The molecule has 0 saturated heterocycles. The highest BCUT2D eigenvalue weighted by molar-refractivity contribution is 6.18. The number of amides is 2. The van der Waals surface area contributed by atoms with E-state index in [4.69, 9.17) is 4.74 Å². The van der Waals surface area contributed by atoms with Crippen LogP contribution in [0.3, 0.4) is 0 Å². The van der Waals surface area contributed by atoms with Crippen LogP contribution in [-0.2, 0) is 9.59 Å². The van der Waals surface area contributed by atoms with Crippen LogP contribution in [0.25, 0.3) is 0 Å². The van der Waals surface area contributed by atoms with Gasteiger partial charge in [0, 0.05) is 6.07 Å². The molecule has 1 aliphatic heterocycles. The molecule has 0 saturated carbocycles. The summed E-state index contributed by atoms with van der Waals surface area (Å²) in [4.78, 5) is 24.5. The molecule has 0 fully saturated rings. The van der Waals surface area contributed by atoms with Crippen LogP contribution in [0, 0.1) is 6.92 Å². The monoisotopic (exact) mass is 287 g/mol. The number of aromatic nitrogens is 1. The smallest absolute Gasteiger partial charge is 0.279 e. The van der Waals surface area contributed by atoms with E-state index >= 15 is 0 Å². The van der Waals surface area contributed by atoms with Crippen LogP contribution in [0.4, 0.5) is 11.5 Å². The third-order valence-corrected chi connectivity index (χ3v) is 3.24. The van der Waals surface area contributed by atoms with Gasteiger partial charge in [0.1, 0.15) is 12.0 Å². The molecule has 1 aliphatic rings. The predicted octanol–water partition coefficient (Wildman–Crippen LogP) is 1.71. The number of ether oxygens (including phenoxy) is 1. The lowest BCUT2D eigenvalue weighted by Crippen LogP contribution is -2.56. The van der Waals surface area contributed by atoms with E-state index in [0.717, 1.165) is 5.56 Å². The summed E-state index contributed by atoms with van der Waals surface area (Å²) in [7, 11) is 0. The minimum Gasteiger partial charge on any atom is -0.466 e. The molecule has 1 aromatic carbocycles. The van der Waals surface area contributed by atoms with Gasteiger partial charge in [-0.15, -0.1) is 0 Å². The van der Waals surface area contributed by atoms with Gasteiger partial charge in [-0.05, 0) is 31.5 Å². The van der Waals surface area contributed by atoms with E-state index in [2.05, 4.69) is 20.3 Å². The van der Waals surface area contributed by atoms with Crippen molar-refractivity contribution in [3.63, 3.8) is 0 Å². The number of carbonyl (C=O) groups excluding carboxylic acids is 2. The molecule has 0 bridgehead atoms. The third-order valence-electron chi connectivity index (χ3n) is 3.24. The van der Waals surface area contributed by atoms with Crippen LogP contribution in [0.2, 0.25) is 0 Å². The Kier molecular flexibility index (Phi) is 2.90. The number of fused-ring (bicyclic) bond motifs is 1. The van der Waals surface area contributed by atoms with Crippen LogP contribution in [0.1, 0.15) is 12.5 Å². The predicted molar refractivity (Wildman–Crippen MR) is 74.0 cm³/mol. The highest BCUT2D eigenvalue weighted by Gasteiger charge is 2.47. The highest BCUT2D eigenvalue weighted by Crippen LogP contribution is 2.34. The summed E-state index contributed by atoms with van der Waals surface area (Å²) < 4.78 is 10.2. The lowest BCUT2D eigenvalue weighted by atomic mass is 10.0. The molecule has 1 atom stereocenters. The van der Waals surface area contributed by atoms with Gasteiger partial charge in [0.2, 0.25) is 0 Å². The highest BCUT2D eigenvalue weighted by atomic mass is 16.5. The Balaban J connectivity index is 1.89. The Hall–Kier alpha value is -2.83. The van der Waals surface area contributed by atoms with E-state index in [9.17, 15) is 9.59 Å². The number of nitrogens with zero attached hydrogens (tertiary/aromatic N) is 1. The number of benzene rings is 1. The molecule has 21 heavy (non-hydrogen) atoms. The SMILES string of the molecule is Cc1ccc2c(c1)NC(=O)C(C)(C(=O)Nc1ccon1)O2. The molecule has 7 heteroatoms. The second kappa shape index (κ2) is 4.62. The van der Waals surface area contributed by atoms with E-state index in [1.165, 1.54) is 19.3 Å². The standard InChI is InChI=1S/C14H13N3O4/c1-8-3-4-10-9(7-8)15-12(18)14(2,21-10)13(19)16-11-5-6-20-17-11/h3-7H,1-2H3,(H,15,18)(H,16,17,19). The maximum Gasteiger partial charge on any atom is 0.279 e. The average Bonchev–Trinajstić information content (AvgIpc) is 2.93. The van der Waals surface area contributed by atoms with Crippen LogP contribution in [0.15, 0.2) is 35.1 Å². The Morgan fingerprint density at radius 1 is 1.38 bits per heavy atom. The zero-order valence-corrected chi connectivity index (χ0v) is 11.5. The summed E-state index contributed by atoms with van der Waals surface area (Å²) in [5, 5.41) is 8.73. The molecule has 2 amide bonds. The quantitative estimate of drug-likeness (QED) is 0.820. The summed E-state index contributed by atoms with van der Waals surface area (Å²) in [6.07, 6.45) is 1.32. The molecule has 0 aliphatic carbocycles. The molecule has 2 aromatic rings. The molecule has 0 radical (unpaired) electrons.